The molecule has 0 spiro atoms. The first-order chi connectivity index (χ1) is 6.40. The van der Waals surface area contributed by atoms with Crippen LogP contribution in [0.15, 0.2) is 0 Å². The second-order valence-corrected chi connectivity index (χ2v) is 4.94. The van der Waals surface area contributed by atoms with Crippen LogP contribution in [-0.4, -0.2) is 26.0 Å². The zero-order valence-electron chi connectivity index (χ0n) is 10.1. The Balaban J connectivity index is 3.93. The summed E-state index contributed by atoms with van der Waals surface area (Å²) in [6.07, 6.45) is 0.886. The van der Waals surface area contributed by atoms with E-state index in [-0.39, 0.29) is 17.2 Å². The molecule has 14 heavy (non-hydrogen) atoms. The van der Waals surface area contributed by atoms with Gasteiger partial charge >= 0.3 is 0 Å². The third kappa shape index (κ3) is 5.97. The van der Waals surface area contributed by atoms with E-state index in [1.807, 2.05) is 14.0 Å². The van der Waals surface area contributed by atoms with Gasteiger partial charge < -0.3 is 10.6 Å². The molecule has 0 saturated carbocycles. The molecule has 3 nitrogen and oxygen atoms in total. The minimum atomic E-state index is 0.0994. The van der Waals surface area contributed by atoms with Gasteiger partial charge in [-0.15, -0.1) is 0 Å². The van der Waals surface area contributed by atoms with Crippen molar-refractivity contribution in [2.45, 2.75) is 34.1 Å². The highest BCUT2D eigenvalue weighted by Crippen LogP contribution is 2.11. The Morgan fingerprint density at radius 3 is 2.29 bits per heavy atom. The van der Waals surface area contributed by atoms with Crippen molar-refractivity contribution in [3.63, 3.8) is 0 Å². The van der Waals surface area contributed by atoms with Crippen molar-refractivity contribution in [1.82, 2.24) is 10.6 Å². The fourth-order valence-electron chi connectivity index (χ4n) is 1.17. The molecule has 0 heterocycles. The summed E-state index contributed by atoms with van der Waals surface area (Å²) < 4.78 is 0. The third-order valence-corrected chi connectivity index (χ3v) is 2.11. The Morgan fingerprint density at radius 2 is 1.93 bits per heavy atom. The number of amides is 1. The van der Waals surface area contributed by atoms with E-state index in [0.717, 1.165) is 19.5 Å². The molecular weight excluding hydrogens is 176 g/mol. The molecule has 1 unspecified atom stereocenters. The average Bonchev–Trinajstić information content (AvgIpc) is 2.09. The van der Waals surface area contributed by atoms with Crippen LogP contribution in [0.25, 0.3) is 0 Å². The summed E-state index contributed by atoms with van der Waals surface area (Å²) in [5.41, 5.74) is 0.160. The summed E-state index contributed by atoms with van der Waals surface area (Å²) in [6.45, 7) is 9.89. The van der Waals surface area contributed by atoms with E-state index in [1.54, 1.807) is 0 Å². The summed E-state index contributed by atoms with van der Waals surface area (Å²) in [6, 6.07) is 0. The predicted molar refractivity (Wildman–Crippen MR) is 60.2 cm³/mol. The summed E-state index contributed by atoms with van der Waals surface area (Å²) >= 11 is 0. The van der Waals surface area contributed by atoms with Gasteiger partial charge in [-0.3, -0.25) is 4.79 Å². The van der Waals surface area contributed by atoms with Gasteiger partial charge in [-0.1, -0.05) is 27.7 Å². The fourth-order valence-corrected chi connectivity index (χ4v) is 1.17. The van der Waals surface area contributed by atoms with Crippen LogP contribution in [0.1, 0.15) is 34.1 Å². The number of carbonyl (C=O) groups is 1. The van der Waals surface area contributed by atoms with E-state index in [0.29, 0.717) is 0 Å². The Morgan fingerprint density at radius 1 is 1.36 bits per heavy atom. The lowest BCUT2D eigenvalue weighted by Gasteiger charge is -2.21. The average molecular weight is 200 g/mol. The van der Waals surface area contributed by atoms with Crippen LogP contribution in [0, 0.1) is 11.3 Å². The molecule has 0 aromatic carbocycles. The van der Waals surface area contributed by atoms with Gasteiger partial charge in [0.2, 0.25) is 5.91 Å². The molecule has 84 valence electrons. The summed E-state index contributed by atoms with van der Waals surface area (Å²) in [5.74, 6) is 0.263. The van der Waals surface area contributed by atoms with E-state index in [9.17, 15) is 4.79 Å². The van der Waals surface area contributed by atoms with Crippen LogP contribution < -0.4 is 10.6 Å². The first-order valence-corrected chi connectivity index (χ1v) is 5.33. The van der Waals surface area contributed by atoms with Crippen LogP contribution in [0.2, 0.25) is 0 Å². The largest absolute Gasteiger partial charge is 0.355 e. The Hall–Kier alpha value is -0.570. The molecule has 0 rings (SSSR count). The van der Waals surface area contributed by atoms with Crippen molar-refractivity contribution in [2.24, 2.45) is 11.3 Å². The number of hydrogen-bond acceptors (Lipinski definition) is 2. The van der Waals surface area contributed by atoms with Gasteiger partial charge in [0.1, 0.15) is 0 Å². The topological polar surface area (TPSA) is 41.1 Å². The van der Waals surface area contributed by atoms with Gasteiger partial charge in [-0.05, 0) is 18.9 Å². The van der Waals surface area contributed by atoms with Gasteiger partial charge in [-0.2, -0.15) is 0 Å². The Labute approximate surface area is 87.6 Å². The fraction of sp³-hybridized carbons (Fsp3) is 0.909. The maximum atomic E-state index is 11.7. The molecule has 0 aliphatic carbocycles. The lowest BCUT2D eigenvalue weighted by atomic mass is 9.96. The van der Waals surface area contributed by atoms with Crippen LogP contribution in [0.5, 0.6) is 0 Å². The third-order valence-electron chi connectivity index (χ3n) is 2.11. The molecule has 0 aliphatic heterocycles. The van der Waals surface area contributed by atoms with Gasteiger partial charge in [-0.25, -0.2) is 0 Å². The van der Waals surface area contributed by atoms with Crippen molar-refractivity contribution in [3.05, 3.63) is 0 Å². The van der Waals surface area contributed by atoms with Crippen molar-refractivity contribution < 1.29 is 4.79 Å². The van der Waals surface area contributed by atoms with Crippen LogP contribution in [-0.2, 0) is 4.79 Å². The lowest BCUT2D eigenvalue weighted by Crippen LogP contribution is -2.39. The molecule has 0 bridgehead atoms. The van der Waals surface area contributed by atoms with Crippen LogP contribution in [0.4, 0.5) is 0 Å². The van der Waals surface area contributed by atoms with Gasteiger partial charge in [0.25, 0.3) is 0 Å². The highest BCUT2D eigenvalue weighted by atomic mass is 16.1. The highest BCUT2D eigenvalue weighted by Gasteiger charge is 2.17. The monoisotopic (exact) mass is 200 g/mol. The highest BCUT2D eigenvalue weighted by molar-refractivity contribution is 5.78. The molecule has 1 amide bonds. The molecule has 0 aromatic heterocycles. The molecule has 0 radical (unpaired) electrons. The first-order valence-electron chi connectivity index (χ1n) is 5.33. The van der Waals surface area contributed by atoms with Crippen LogP contribution in [0.3, 0.4) is 0 Å². The van der Waals surface area contributed by atoms with Gasteiger partial charge in [0.05, 0.1) is 5.92 Å². The molecule has 0 saturated heterocycles. The number of nitrogens with one attached hydrogen (secondary N) is 2. The lowest BCUT2D eigenvalue weighted by molar-refractivity contribution is -0.125. The number of hydrogen-bond donors (Lipinski definition) is 2. The Kier molecular flexibility index (Phi) is 5.77. The SMILES string of the molecule is CCC(CNC)C(=O)NCC(C)(C)C. The smallest absolute Gasteiger partial charge is 0.224 e. The van der Waals surface area contributed by atoms with Gasteiger partial charge in [0, 0.05) is 13.1 Å². The zero-order valence-corrected chi connectivity index (χ0v) is 10.1. The zero-order chi connectivity index (χ0) is 11.2. The van der Waals surface area contributed by atoms with E-state index in [4.69, 9.17) is 0 Å². The van der Waals surface area contributed by atoms with E-state index in [1.165, 1.54) is 0 Å². The minimum Gasteiger partial charge on any atom is -0.355 e. The number of carbonyl (C=O) groups excluding carboxylic acids is 1. The minimum absolute atomic E-state index is 0.0994. The predicted octanol–water partition coefficient (Wildman–Crippen LogP) is 1.39. The molecule has 2 N–H and O–H groups in total. The van der Waals surface area contributed by atoms with E-state index < -0.39 is 0 Å². The quantitative estimate of drug-likeness (QED) is 0.704. The molecule has 0 aromatic rings. The van der Waals surface area contributed by atoms with E-state index in [2.05, 4.69) is 31.4 Å². The van der Waals surface area contributed by atoms with Crippen molar-refractivity contribution in [3.8, 4) is 0 Å². The summed E-state index contributed by atoms with van der Waals surface area (Å²) in [4.78, 5) is 11.7. The standard InChI is InChI=1S/C11H24N2O/c1-6-9(7-12-5)10(14)13-8-11(2,3)4/h9,12H,6-8H2,1-5H3,(H,13,14). The van der Waals surface area contributed by atoms with E-state index >= 15 is 0 Å². The molecule has 3 heteroatoms. The molecule has 0 aliphatic rings. The van der Waals surface area contributed by atoms with Crippen LogP contribution >= 0.6 is 0 Å². The summed E-state index contributed by atoms with van der Waals surface area (Å²) in [5, 5.41) is 6.02. The molecular formula is C11H24N2O. The van der Waals surface area contributed by atoms with Crippen molar-refractivity contribution >= 4 is 5.91 Å². The van der Waals surface area contributed by atoms with Crippen molar-refractivity contribution in [1.29, 1.82) is 0 Å². The number of rotatable bonds is 5. The normalized spacial score (nSPS) is 13.8. The Bertz CT molecular complexity index is 173. The summed E-state index contributed by atoms with van der Waals surface area (Å²) in [7, 11) is 1.87. The van der Waals surface area contributed by atoms with Crippen molar-refractivity contribution in [2.75, 3.05) is 20.1 Å². The molecule has 0 fully saturated rings. The maximum Gasteiger partial charge on any atom is 0.224 e. The van der Waals surface area contributed by atoms with Gasteiger partial charge in [0.15, 0.2) is 0 Å². The molecule has 1 atom stereocenters. The second-order valence-electron chi connectivity index (χ2n) is 4.94. The first kappa shape index (κ1) is 13.4. The second kappa shape index (κ2) is 6.02. The maximum absolute atomic E-state index is 11.7.